The van der Waals surface area contributed by atoms with Crippen LogP contribution in [0.3, 0.4) is 0 Å². The Morgan fingerprint density at radius 3 is 3.11 bits per heavy atom. The predicted molar refractivity (Wildman–Crippen MR) is 74.3 cm³/mol. The van der Waals surface area contributed by atoms with Gasteiger partial charge in [-0.25, -0.2) is 4.98 Å². The molecule has 0 amide bonds. The average Bonchev–Trinajstić information content (AvgIpc) is 2.95. The predicted octanol–water partition coefficient (Wildman–Crippen LogP) is 0.658. The smallest absolute Gasteiger partial charge is 0.137 e. The first-order valence-corrected chi connectivity index (χ1v) is 6.83. The maximum absolute atomic E-state index is 9.69. The fourth-order valence-electron chi connectivity index (χ4n) is 2.42. The zero-order chi connectivity index (χ0) is 13.2. The van der Waals surface area contributed by atoms with E-state index in [1.165, 1.54) is 0 Å². The van der Waals surface area contributed by atoms with Crippen LogP contribution in [-0.4, -0.2) is 40.2 Å². The quantitative estimate of drug-likeness (QED) is 0.770. The van der Waals surface area contributed by atoms with E-state index in [-0.39, 0.29) is 12.0 Å². The molecule has 1 aliphatic heterocycles. The second kappa shape index (κ2) is 5.46. The van der Waals surface area contributed by atoms with Gasteiger partial charge in [0.15, 0.2) is 0 Å². The number of nitrogens with one attached hydrogen (secondary N) is 2. The fourth-order valence-corrected chi connectivity index (χ4v) is 2.58. The number of β-amino-alcohol motifs (C(OH)–C–C–N with tert-alkyl or cyclic N) is 1. The van der Waals surface area contributed by atoms with Gasteiger partial charge in [-0.15, -0.1) is 0 Å². The topological polar surface area (TPSA) is 61.6 Å². The number of nitrogens with zero attached hydrogens (tertiary/aromatic N) is 2. The minimum Gasteiger partial charge on any atom is -0.391 e. The highest BCUT2D eigenvalue weighted by Crippen LogP contribution is 2.12. The Kier molecular flexibility index (Phi) is 3.70. The maximum atomic E-state index is 9.69. The Labute approximate surface area is 116 Å². The molecule has 0 radical (unpaired) electrons. The largest absolute Gasteiger partial charge is 0.391 e. The monoisotopic (exact) mass is 280 g/mol. The Balaban J connectivity index is 1.59. The van der Waals surface area contributed by atoms with Crippen LogP contribution in [0.25, 0.3) is 5.65 Å². The van der Waals surface area contributed by atoms with Gasteiger partial charge >= 0.3 is 0 Å². The molecule has 3 heterocycles. The number of aliphatic hydroxyl groups excluding tert-OH is 1. The van der Waals surface area contributed by atoms with E-state index in [4.69, 9.17) is 11.6 Å². The molecule has 2 aromatic heterocycles. The van der Waals surface area contributed by atoms with E-state index in [1.54, 1.807) is 0 Å². The number of hydrogen-bond donors (Lipinski definition) is 3. The van der Waals surface area contributed by atoms with E-state index in [2.05, 4.69) is 15.6 Å². The molecule has 3 rings (SSSR count). The number of fused-ring (bicyclic) bond motifs is 1. The van der Waals surface area contributed by atoms with Gasteiger partial charge < -0.3 is 20.1 Å². The third-order valence-corrected chi connectivity index (χ3v) is 3.71. The number of imidazole rings is 1. The highest BCUT2D eigenvalue weighted by molar-refractivity contribution is 6.30. The Morgan fingerprint density at radius 1 is 1.42 bits per heavy atom. The number of hydrogen-bond acceptors (Lipinski definition) is 4. The van der Waals surface area contributed by atoms with Gasteiger partial charge in [-0.2, -0.15) is 0 Å². The van der Waals surface area contributed by atoms with Crippen LogP contribution in [0.4, 0.5) is 0 Å². The first-order chi connectivity index (χ1) is 9.22. The SMILES string of the molecule is OC1CNCC1CNCc1cn2cc(Cl)ccc2n1. The average molecular weight is 281 g/mol. The lowest BCUT2D eigenvalue weighted by molar-refractivity contribution is 0.146. The summed E-state index contributed by atoms with van der Waals surface area (Å²) in [5.41, 5.74) is 1.87. The summed E-state index contributed by atoms with van der Waals surface area (Å²) in [6.07, 6.45) is 3.57. The minimum atomic E-state index is -0.243. The first kappa shape index (κ1) is 12.9. The molecule has 2 atom stereocenters. The normalized spacial score (nSPS) is 23.3. The Morgan fingerprint density at radius 2 is 2.32 bits per heavy atom. The van der Waals surface area contributed by atoms with Crippen LogP contribution in [0.1, 0.15) is 5.69 Å². The molecular formula is C13H17ClN4O. The molecule has 0 saturated carbocycles. The van der Waals surface area contributed by atoms with Crippen molar-refractivity contribution in [3.63, 3.8) is 0 Å². The summed E-state index contributed by atoms with van der Waals surface area (Å²) in [6, 6.07) is 3.73. The molecule has 3 N–H and O–H groups in total. The fraction of sp³-hybridized carbons (Fsp3) is 0.462. The molecule has 102 valence electrons. The maximum Gasteiger partial charge on any atom is 0.137 e. The van der Waals surface area contributed by atoms with Gasteiger partial charge in [0.2, 0.25) is 0 Å². The molecule has 0 spiro atoms. The van der Waals surface area contributed by atoms with Crippen LogP contribution in [0.2, 0.25) is 5.02 Å². The van der Waals surface area contributed by atoms with E-state index < -0.39 is 0 Å². The van der Waals surface area contributed by atoms with Gasteiger partial charge in [-0.1, -0.05) is 11.6 Å². The second-order valence-electron chi connectivity index (χ2n) is 4.96. The molecule has 19 heavy (non-hydrogen) atoms. The van der Waals surface area contributed by atoms with Crippen molar-refractivity contribution < 1.29 is 5.11 Å². The van der Waals surface area contributed by atoms with Crippen molar-refractivity contribution in [3.05, 3.63) is 35.2 Å². The zero-order valence-electron chi connectivity index (χ0n) is 10.5. The van der Waals surface area contributed by atoms with Crippen LogP contribution in [0, 0.1) is 5.92 Å². The van der Waals surface area contributed by atoms with Gasteiger partial charge in [0, 0.05) is 44.5 Å². The van der Waals surface area contributed by atoms with Gasteiger partial charge in [-0.3, -0.25) is 0 Å². The van der Waals surface area contributed by atoms with Gasteiger partial charge in [0.05, 0.1) is 16.8 Å². The van der Waals surface area contributed by atoms with Crippen molar-refractivity contribution in [3.8, 4) is 0 Å². The Hall–Kier alpha value is -1.14. The number of pyridine rings is 1. The molecule has 2 aromatic rings. The van der Waals surface area contributed by atoms with Gasteiger partial charge in [-0.05, 0) is 12.1 Å². The van der Waals surface area contributed by atoms with Crippen molar-refractivity contribution in [1.29, 1.82) is 0 Å². The van der Waals surface area contributed by atoms with Crippen molar-refractivity contribution in [2.75, 3.05) is 19.6 Å². The molecule has 0 bridgehead atoms. The third-order valence-electron chi connectivity index (χ3n) is 3.48. The molecule has 5 nitrogen and oxygen atoms in total. The van der Waals surface area contributed by atoms with Crippen LogP contribution >= 0.6 is 11.6 Å². The summed E-state index contributed by atoms with van der Waals surface area (Å²) in [6.45, 7) is 3.06. The van der Waals surface area contributed by atoms with E-state index in [0.717, 1.165) is 24.4 Å². The van der Waals surface area contributed by atoms with Crippen LogP contribution in [0.5, 0.6) is 0 Å². The highest BCUT2D eigenvalue weighted by Gasteiger charge is 2.24. The summed E-state index contributed by atoms with van der Waals surface area (Å²) in [7, 11) is 0. The lowest BCUT2D eigenvalue weighted by atomic mass is 10.1. The van der Waals surface area contributed by atoms with Crippen molar-refractivity contribution in [2.45, 2.75) is 12.6 Å². The van der Waals surface area contributed by atoms with Crippen LogP contribution in [0.15, 0.2) is 24.5 Å². The summed E-state index contributed by atoms with van der Waals surface area (Å²) in [5.74, 6) is 0.284. The van der Waals surface area contributed by atoms with Gasteiger partial charge in [0.1, 0.15) is 5.65 Å². The van der Waals surface area contributed by atoms with Crippen LogP contribution < -0.4 is 10.6 Å². The number of halogens is 1. The molecule has 0 aliphatic carbocycles. The third kappa shape index (κ3) is 2.90. The number of aromatic nitrogens is 2. The second-order valence-corrected chi connectivity index (χ2v) is 5.40. The van der Waals surface area contributed by atoms with E-state index >= 15 is 0 Å². The van der Waals surface area contributed by atoms with Crippen molar-refractivity contribution >= 4 is 17.2 Å². The van der Waals surface area contributed by atoms with E-state index in [1.807, 2.05) is 28.9 Å². The Bertz CT molecular complexity index is 571. The first-order valence-electron chi connectivity index (χ1n) is 6.45. The summed E-state index contributed by atoms with van der Waals surface area (Å²) in [4.78, 5) is 4.50. The lowest BCUT2D eigenvalue weighted by Gasteiger charge is -2.13. The van der Waals surface area contributed by atoms with Crippen molar-refractivity contribution in [1.82, 2.24) is 20.0 Å². The molecule has 6 heteroatoms. The molecule has 0 aromatic carbocycles. The standard InChI is InChI=1S/C13H17ClN4O/c14-10-1-2-13-17-11(8-18(13)7-10)5-15-3-9-4-16-6-12(9)19/h1-2,7-9,12,15-16,19H,3-6H2. The summed E-state index contributed by atoms with van der Waals surface area (Å²) < 4.78 is 1.92. The lowest BCUT2D eigenvalue weighted by Crippen LogP contribution is -2.30. The molecule has 1 aliphatic rings. The molecular weight excluding hydrogens is 264 g/mol. The summed E-state index contributed by atoms with van der Waals surface area (Å²) >= 11 is 5.94. The molecule has 1 saturated heterocycles. The van der Waals surface area contributed by atoms with E-state index in [9.17, 15) is 5.11 Å². The highest BCUT2D eigenvalue weighted by atomic mass is 35.5. The minimum absolute atomic E-state index is 0.243. The van der Waals surface area contributed by atoms with Crippen LogP contribution in [-0.2, 0) is 6.54 Å². The molecule has 1 fully saturated rings. The van der Waals surface area contributed by atoms with E-state index in [0.29, 0.717) is 18.1 Å². The number of aliphatic hydroxyl groups is 1. The van der Waals surface area contributed by atoms with Crippen molar-refractivity contribution in [2.24, 2.45) is 5.92 Å². The zero-order valence-corrected chi connectivity index (χ0v) is 11.3. The summed E-state index contributed by atoms with van der Waals surface area (Å²) in [5, 5.41) is 16.9. The number of rotatable bonds is 4. The molecule has 2 unspecified atom stereocenters. The van der Waals surface area contributed by atoms with Gasteiger partial charge in [0.25, 0.3) is 0 Å².